The molecular formula is C22H22N6O3. The quantitative estimate of drug-likeness (QED) is 0.207. The minimum atomic E-state index is -0.504. The molecule has 9 heteroatoms. The van der Waals surface area contributed by atoms with Gasteiger partial charge in [0.25, 0.3) is 11.8 Å². The molecule has 0 radical (unpaired) electrons. The molecule has 0 bridgehead atoms. The van der Waals surface area contributed by atoms with Gasteiger partial charge >= 0.3 is 0 Å². The molecule has 158 valence electrons. The van der Waals surface area contributed by atoms with Crippen LogP contribution in [0.5, 0.6) is 0 Å². The maximum absolute atomic E-state index is 13.0. The minimum absolute atomic E-state index is 0.140. The number of hydrogen-bond acceptors (Lipinski definition) is 6. The number of amides is 2. The highest BCUT2D eigenvalue weighted by Gasteiger charge is 2.25. The summed E-state index contributed by atoms with van der Waals surface area (Å²) in [7, 11) is 0. The third kappa shape index (κ3) is 4.03. The third-order valence-electron chi connectivity index (χ3n) is 5.18. The molecule has 1 saturated carbocycles. The molecule has 0 atom stereocenters. The molecule has 1 aromatic heterocycles. The number of anilines is 1. The van der Waals surface area contributed by atoms with E-state index in [1.54, 1.807) is 30.3 Å². The van der Waals surface area contributed by atoms with Crippen molar-refractivity contribution in [1.82, 2.24) is 20.5 Å². The van der Waals surface area contributed by atoms with Gasteiger partial charge in [0.1, 0.15) is 5.82 Å². The van der Waals surface area contributed by atoms with Crippen molar-refractivity contribution in [2.45, 2.75) is 25.8 Å². The van der Waals surface area contributed by atoms with Gasteiger partial charge in [0.05, 0.1) is 17.4 Å². The van der Waals surface area contributed by atoms with E-state index in [2.05, 4.69) is 10.4 Å². The number of carbonyl (C=O) groups is 3. The smallest absolute Gasteiger partial charge is 0.265 e. The van der Waals surface area contributed by atoms with Crippen molar-refractivity contribution >= 4 is 23.4 Å². The van der Waals surface area contributed by atoms with E-state index in [-0.39, 0.29) is 40.2 Å². The molecule has 0 unspecified atom stereocenters. The lowest BCUT2D eigenvalue weighted by Crippen LogP contribution is -2.30. The Balaban J connectivity index is 1.66. The molecule has 0 aliphatic heterocycles. The number of ketones is 1. The maximum Gasteiger partial charge on any atom is 0.265 e. The average molecular weight is 418 g/mol. The Morgan fingerprint density at radius 1 is 1.03 bits per heavy atom. The van der Waals surface area contributed by atoms with Crippen LogP contribution in [0.1, 0.15) is 55.0 Å². The summed E-state index contributed by atoms with van der Waals surface area (Å²) in [4.78, 5) is 37.2. The van der Waals surface area contributed by atoms with Crippen molar-refractivity contribution in [2.75, 3.05) is 5.73 Å². The van der Waals surface area contributed by atoms with Crippen molar-refractivity contribution in [1.29, 1.82) is 0 Å². The highest BCUT2D eigenvalue weighted by atomic mass is 16.2. The van der Waals surface area contributed by atoms with Gasteiger partial charge in [0, 0.05) is 22.7 Å². The molecule has 2 aromatic carbocycles. The molecule has 3 aromatic rings. The van der Waals surface area contributed by atoms with Gasteiger partial charge in [0.15, 0.2) is 5.78 Å². The summed E-state index contributed by atoms with van der Waals surface area (Å²) in [5, 5.41) is 7.23. The van der Waals surface area contributed by atoms with Crippen LogP contribution in [-0.4, -0.2) is 33.4 Å². The zero-order chi connectivity index (χ0) is 22.1. The van der Waals surface area contributed by atoms with Gasteiger partial charge in [-0.25, -0.2) is 10.5 Å². The van der Waals surface area contributed by atoms with Gasteiger partial charge in [-0.1, -0.05) is 18.2 Å². The third-order valence-corrected chi connectivity index (χ3v) is 5.18. The van der Waals surface area contributed by atoms with Gasteiger partial charge in [-0.15, -0.1) is 0 Å². The predicted octanol–water partition coefficient (Wildman–Crippen LogP) is 1.49. The molecule has 0 saturated heterocycles. The highest BCUT2D eigenvalue weighted by molar-refractivity contribution is 6.12. The van der Waals surface area contributed by atoms with Gasteiger partial charge in [0.2, 0.25) is 0 Å². The number of nitrogen functional groups attached to an aromatic ring is 2. The van der Waals surface area contributed by atoms with Crippen LogP contribution in [0.15, 0.2) is 48.7 Å². The first-order chi connectivity index (χ1) is 14.9. The summed E-state index contributed by atoms with van der Waals surface area (Å²) >= 11 is 0. The number of nitrogens with two attached hydrogens (primary N) is 2. The van der Waals surface area contributed by atoms with Crippen LogP contribution < -0.4 is 22.3 Å². The molecule has 9 nitrogen and oxygen atoms in total. The summed E-state index contributed by atoms with van der Waals surface area (Å²) < 4.78 is 1.44. The molecule has 1 aliphatic rings. The van der Waals surface area contributed by atoms with Crippen molar-refractivity contribution in [3.63, 3.8) is 0 Å². The van der Waals surface area contributed by atoms with Crippen LogP contribution in [0, 0.1) is 6.92 Å². The zero-order valence-electron chi connectivity index (χ0n) is 16.9. The highest BCUT2D eigenvalue weighted by Crippen LogP contribution is 2.25. The molecule has 1 heterocycles. The number of aromatic nitrogens is 2. The summed E-state index contributed by atoms with van der Waals surface area (Å²) in [6.45, 7) is 1.87. The summed E-state index contributed by atoms with van der Waals surface area (Å²) in [6.07, 6.45) is 3.37. The van der Waals surface area contributed by atoms with E-state index in [4.69, 9.17) is 11.6 Å². The Labute approximate surface area is 178 Å². The second-order valence-corrected chi connectivity index (χ2v) is 7.49. The Morgan fingerprint density at radius 2 is 1.74 bits per heavy atom. The summed E-state index contributed by atoms with van der Waals surface area (Å²) in [5.74, 6) is 4.27. The predicted molar refractivity (Wildman–Crippen MR) is 115 cm³/mol. The fourth-order valence-corrected chi connectivity index (χ4v) is 3.24. The molecule has 31 heavy (non-hydrogen) atoms. The Kier molecular flexibility index (Phi) is 5.26. The zero-order valence-corrected chi connectivity index (χ0v) is 16.9. The largest absolute Gasteiger partial charge is 0.383 e. The number of nitrogens with one attached hydrogen (secondary N) is 2. The van der Waals surface area contributed by atoms with E-state index in [0.717, 1.165) is 18.4 Å². The number of rotatable bonds is 6. The standard InChI is InChI=1S/C22H22N6O3/c1-12-5-6-15(21(30)26-16-7-8-16)10-18(12)28-20(23)17(11-25-28)19(29)13-3-2-4-14(9-13)22(31)27-24/h2-6,9-11,16H,7-8,23-24H2,1H3,(H,26,30)(H,27,31). The van der Waals surface area contributed by atoms with Crippen LogP contribution >= 0.6 is 0 Å². The minimum Gasteiger partial charge on any atom is -0.383 e. The van der Waals surface area contributed by atoms with E-state index < -0.39 is 5.91 Å². The van der Waals surface area contributed by atoms with Gasteiger partial charge in [-0.3, -0.25) is 19.8 Å². The van der Waals surface area contributed by atoms with E-state index in [9.17, 15) is 14.4 Å². The molecule has 2 amide bonds. The van der Waals surface area contributed by atoms with Gasteiger partial charge in [-0.05, 0) is 49.6 Å². The van der Waals surface area contributed by atoms with E-state index in [1.807, 2.05) is 18.4 Å². The lowest BCUT2D eigenvalue weighted by molar-refractivity contribution is 0.0943. The normalized spacial score (nSPS) is 13.0. The fourth-order valence-electron chi connectivity index (χ4n) is 3.24. The van der Waals surface area contributed by atoms with E-state index in [1.165, 1.54) is 16.9 Å². The average Bonchev–Trinajstić information content (AvgIpc) is 3.52. The van der Waals surface area contributed by atoms with Gasteiger partial charge in [-0.2, -0.15) is 5.10 Å². The number of hydrazine groups is 1. The lowest BCUT2D eigenvalue weighted by Gasteiger charge is -2.11. The number of hydrogen-bond donors (Lipinski definition) is 4. The monoisotopic (exact) mass is 418 g/mol. The van der Waals surface area contributed by atoms with Crippen molar-refractivity contribution in [2.24, 2.45) is 5.84 Å². The van der Waals surface area contributed by atoms with Crippen molar-refractivity contribution < 1.29 is 14.4 Å². The Hall–Kier alpha value is -3.98. The number of benzene rings is 2. The number of carbonyl (C=O) groups excluding carboxylic acids is 3. The summed E-state index contributed by atoms with van der Waals surface area (Å²) in [5.41, 5.74) is 11.0. The molecule has 6 N–H and O–H groups in total. The second kappa shape index (κ2) is 8.04. The maximum atomic E-state index is 13.0. The Morgan fingerprint density at radius 3 is 2.45 bits per heavy atom. The first-order valence-electron chi connectivity index (χ1n) is 9.80. The topological polar surface area (TPSA) is 145 Å². The molecule has 1 fully saturated rings. The van der Waals surface area contributed by atoms with Crippen LogP contribution in [-0.2, 0) is 0 Å². The van der Waals surface area contributed by atoms with E-state index in [0.29, 0.717) is 11.3 Å². The number of aryl methyl sites for hydroxylation is 1. The molecule has 4 rings (SSSR count). The lowest BCUT2D eigenvalue weighted by atomic mass is 10.0. The van der Waals surface area contributed by atoms with E-state index >= 15 is 0 Å². The van der Waals surface area contributed by atoms with Crippen LogP contribution in [0.25, 0.3) is 5.69 Å². The molecular weight excluding hydrogens is 396 g/mol. The fraction of sp³-hybridized carbons (Fsp3) is 0.182. The first-order valence-corrected chi connectivity index (χ1v) is 9.80. The molecule has 0 spiro atoms. The van der Waals surface area contributed by atoms with Crippen LogP contribution in [0.3, 0.4) is 0 Å². The van der Waals surface area contributed by atoms with Crippen molar-refractivity contribution in [3.05, 3.63) is 76.5 Å². The number of nitrogens with zero attached hydrogens (tertiary/aromatic N) is 2. The van der Waals surface area contributed by atoms with Crippen molar-refractivity contribution in [3.8, 4) is 5.69 Å². The Bertz CT molecular complexity index is 1200. The van der Waals surface area contributed by atoms with Gasteiger partial charge < -0.3 is 11.1 Å². The SMILES string of the molecule is Cc1ccc(C(=O)NC2CC2)cc1-n1ncc(C(=O)c2cccc(C(=O)NN)c2)c1N. The van der Waals surface area contributed by atoms with Crippen LogP contribution in [0.4, 0.5) is 5.82 Å². The second-order valence-electron chi connectivity index (χ2n) is 7.49. The molecule has 1 aliphatic carbocycles. The van der Waals surface area contributed by atoms with Crippen LogP contribution in [0.2, 0.25) is 0 Å². The first kappa shape index (κ1) is 20.3. The summed E-state index contributed by atoms with van der Waals surface area (Å²) in [6, 6.07) is 11.7.